The minimum absolute atomic E-state index is 0.109. The number of carbonyl (C=O) groups excluding carboxylic acids is 1. The average Bonchev–Trinajstić information content (AvgIpc) is 3.10. The Balaban J connectivity index is 1.32. The molecule has 2 aromatic rings. The zero-order chi connectivity index (χ0) is 23.4. The number of anilines is 1. The highest BCUT2D eigenvalue weighted by Gasteiger charge is 2.34. The molecule has 0 unspecified atom stereocenters. The van der Waals surface area contributed by atoms with E-state index in [-0.39, 0.29) is 11.8 Å². The van der Waals surface area contributed by atoms with E-state index >= 15 is 0 Å². The summed E-state index contributed by atoms with van der Waals surface area (Å²) >= 11 is 0. The summed E-state index contributed by atoms with van der Waals surface area (Å²) in [6.07, 6.45) is 2.06. The number of nitrogens with zero attached hydrogens (tertiary/aromatic N) is 3. The number of methoxy groups -OCH3 is 1. The van der Waals surface area contributed by atoms with Crippen LogP contribution in [0.4, 0.5) is 5.69 Å². The van der Waals surface area contributed by atoms with Crippen LogP contribution in [0.25, 0.3) is 0 Å². The molecule has 0 atom stereocenters. The first-order valence-corrected chi connectivity index (χ1v) is 13.1. The van der Waals surface area contributed by atoms with Crippen LogP contribution < -0.4 is 9.64 Å². The molecule has 0 spiro atoms. The van der Waals surface area contributed by atoms with Gasteiger partial charge in [0.2, 0.25) is 15.9 Å². The van der Waals surface area contributed by atoms with Crippen molar-refractivity contribution in [1.82, 2.24) is 9.21 Å². The van der Waals surface area contributed by atoms with Gasteiger partial charge in [0, 0.05) is 50.9 Å². The Bertz CT molecular complexity index is 1050. The van der Waals surface area contributed by atoms with Gasteiger partial charge in [0.05, 0.1) is 12.0 Å². The standard InChI is InChI=1S/C25H33N3O4S/c1-20-4-10-24(11-5-20)33(30,31)28-16-12-21(13-17-28)25(29)27-15-3-14-26(18-19-27)22-6-8-23(32-2)9-7-22/h4-11,21H,3,12-19H2,1-2H3. The molecule has 8 heteroatoms. The molecule has 2 aromatic carbocycles. The normalized spacial score (nSPS) is 18.7. The lowest BCUT2D eigenvalue weighted by molar-refractivity contribution is -0.136. The van der Waals surface area contributed by atoms with Crippen LogP contribution in [-0.2, 0) is 14.8 Å². The number of ether oxygens (including phenoxy) is 1. The number of piperidine rings is 1. The van der Waals surface area contributed by atoms with Crippen LogP contribution in [0.1, 0.15) is 24.8 Å². The highest BCUT2D eigenvalue weighted by Crippen LogP contribution is 2.26. The van der Waals surface area contributed by atoms with Crippen LogP contribution in [0.3, 0.4) is 0 Å². The fourth-order valence-corrected chi connectivity index (χ4v) is 6.12. The first kappa shape index (κ1) is 23.6. The van der Waals surface area contributed by atoms with Crippen LogP contribution >= 0.6 is 0 Å². The van der Waals surface area contributed by atoms with Crippen molar-refractivity contribution in [2.24, 2.45) is 5.92 Å². The van der Waals surface area contributed by atoms with Gasteiger partial charge in [0.15, 0.2) is 0 Å². The SMILES string of the molecule is COc1ccc(N2CCCN(C(=O)C3CCN(S(=O)(=O)c4ccc(C)cc4)CC3)CC2)cc1. The summed E-state index contributed by atoms with van der Waals surface area (Å²) in [5, 5.41) is 0. The molecule has 2 saturated heterocycles. The summed E-state index contributed by atoms with van der Waals surface area (Å²) in [7, 11) is -1.85. The van der Waals surface area contributed by atoms with Crippen molar-refractivity contribution in [2.75, 3.05) is 51.3 Å². The molecule has 4 rings (SSSR count). The molecule has 0 radical (unpaired) electrons. The van der Waals surface area contributed by atoms with Crippen LogP contribution in [0.5, 0.6) is 5.75 Å². The third kappa shape index (κ3) is 5.33. The predicted molar refractivity (Wildman–Crippen MR) is 129 cm³/mol. The number of amides is 1. The largest absolute Gasteiger partial charge is 0.497 e. The van der Waals surface area contributed by atoms with E-state index in [0.717, 1.165) is 43.1 Å². The van der Waals surface area contributed by atoms with Gasteiger partial charge in [-0.15, -0.1) is 0 Å². The number of hydrogen-bond acceptors (Lipinski definition) is 5. The fraction of sp³-hybridized carbons (Fsp3) is 0.480. The lowest BCUT2D eigenvalue weighted by Gasteiger charge is -2.33. The van der Waals surface area contributed by atoms with Gasteiger partial charge in [-0.1, -0.05) is 17.7 Å². The summed E-state index contributed by atoms with van der Waals surface area (Å²) in [5.41, 5.74) is 2.17. The predicted octanol–water partition coefficient (Wildman–Crippen LogP) is 3.14. The monoisotopic (exact) mass is 471 g/mol. The highest BCUT2D eigenvalue weighted by atomic mass is 32.2. The van der Waals surface area contributed by atoms with Crippen molar-refractivity contribution in [2.45, 2.75) is 31.1 Å². The minimum atomic E-state index is -3.51. The van der Waals surface area contributed by atoms with E-state index in [0.29, 0.717) is 37.4 Å². The van der Waals surface area contributed by atoms with E-state index in [2.05, 4.69) is 17.0 Å². The second kappa shape index (κ2) is 10.1. The Morgan fingerprint density at radius 3 is 2.18 bits per heavy atom. The summed E-state index contributed by atoms with van der Waals surface area (Å²) in [6, 6.07) is 15.0. The van der Waals surface area contributed by atoms with Crippen molar-refractivity contribution in [3.8, 4) is 5.75 Å². The second-order valence-electron chi connectivity index (χ2n) is 8.86. The maximum atomic E-state index is 13.2. The van der Waals surface area contributed by atoms with Crippen molar-refractivity contribution in [1.29, 1.82) is 0 Å². The van der Waals surface area contributed by atoms with Gasteiger partial charge in [-0.3, -0.25) is 4.79 Å². The second-order valence-corrected chi connectivity index (χ2v) is 10.8. The van der Waals surface area contributed by atoms with Crippen LogP contribution in [-0.4, -0.2) is 69.9 Å². The van der Waals surface area contributed by atoms with Gasteiger partial charge in [-0.2, -0.15) is 4.31 Å². The topological polar surface area (TPSA) is 70.2 Å². The van der Waals surface area contributed by atoms with Crippen LogP contribution in [0, 0.1) is 12.8 Å². The van der Waals surface area contributed by atoms with E-state index in [1.807, 2.05) is 36.1 Å². The molecule has 2 aliphatic heterocycles. The lowest BCUT2D eigenvalue weighted by Crippen LogP contribution is -2.45. The molecule has 0 N–H and O–H groups in total. The molecule has 7 nitrogen and oxygen atoms in total. The van der Waals surface area contributed by atoms with E-state index in [1.165, 1.54) is 4.31 Å². The molecule has 2 fully saturated rings. The molecule has 0 aliphatic carbocycles. The number of hydrogen-bond donors (Lipinski definition) is 0. The Kier molecular flexibility index (Phi) is 7.24. The number of carbonyl (C=O) groups is 1. The van der Waals surface area contributed by atoms with Crippen molar-refractivity contribution < 1.29 is 17.9 Å². The lowest BCUT2D eigenvalue weighted by atomic mass is 9.96. The van der Waals surface area contributed by atoms with Crippen molar-refractivity contribution in [3.63, 3.8) is 0 Å². The first-order valence-electron chi connectivity index (χ1n) is 11.6. The third-order valence-electron chi connectivity index (χ3n) is 6.71. The highest BCUT2D eigenvalue weighted by molar-refractivity contribution is 7.89. The van der Waals surface area contributed by atoms with Gasteiger partial charge in [0.1, 0.15) is 5.75 Å². The number of benzene rings is 2. The van der Waals surface area contributed by atoms with Crippen molar-refractivity contribution in [3.05, 3.63) is 54.1 Å². The third-order valence-corrected chi connectivity index (χ3v) is 8.62. The zero-order valence-electron chi connectivity index (χ0n) is 19.4. The van der Waals surface area contributed by atoms with Gasteiger partial charge < -0.3 is 14.5 Å². The maximum Gasteiger partial charge on any atom is 0.243 e. The van der Waals surface area contributed by atoms with Crippen molar-refractivity contribution >= 4 is 21.6 Å². The first-order chi connectivity index (χ1) is 15.9. The van der Waals surface area contributed by atoms with Gasteiger partial charge in [-0.25, -0.2) is 8.42 Å². The van der Waals surface area contributed by atoms with Gasteiger partial charge >= 0.3 is 0 Å². The van der Waals surface area contributed by atoms with E-state index in [1.54, 1.807) is 19.2 Å². The molecule has 178 valence electrons. The molecule has 0 bridgehead atoms. The summed E-state index contributed by atoms with van der Waals surface area (Å²) < 4.78 is 32.7. The Morgan fingerprint density at radius 2 is 1.55 bits per heavy atom. The fourth-order valence-electron chi connectivity index (χ4n) is 4.65. The van der Waals surface area contributed by atoms with E-state index in [4.69, 9.17) is 4.74 Å². The molecule has 0 saturated carbocycles. The number of sulfonamides is 1. The van der Waals surface area contributed by atoms with E-state index < -0.39 is 10.0 Å². The quantitative estimate of drug-likeness (QED) is 0.670. The molecular weight excluding hydrogens is 438 g/mol. The number of rotatable bonds is 5. The molecular formula is C25H33N3O4S. The van der Waals surface area contributed by atoms with Gasteiger partial charge in [-0.05, 0) is 62.6 Å². The van der Waals surface area contributed by atoms with Crippen LogP contribution in [0.2, 0.25) is 0 Å². The summed E-state index contributed by atoms with van der Waals surface area (Å²) in [6.45, 7) is 5.84. The summed E-state index contributed by atoms with van der Waals surface area (Å²) in [5.74, 6) is 0.891. The van der Waals surface area contributed by atoms with Gasteiger partial charge in [0.25, 0.3) is 0 Å². The molecule has 33 heavy (non-hydrogen) atoms. The zero-order valence-corrected chi connectivity index (χ0v) is 20.3. The molecule has 0 aromatic heterocycles. The van der Waals surface area contributed by atoms with Crippen LogP contribution in [0.15, 0.2) is 53.4 Å². The maximum absolute atomic E-state index is 13.2. The molecule has 2 heterocycles. The molecule has 1 amide bonds. The Morgan fingerprint density at radius 1 is 0.879 bits per heavy atom. The minimum Gasteiger partial charge on any atom is -0.497 e. The summed E-state index contributed by atoms with van der Waals surface area (Å²) in [4.78, 5) is 17.8. The van der Waals surface area contributed by atoms with E-state index in [9.17, 15) is 13.2 Å². The number of aryl methyl sites for hydroxylation is 1. The smallest absolute Gasteiger partial charge is 0.243 e. The molecule has 2 aliphatic rings. The Hall–Kier alpha value is -2.58. The average molecular weight is 472 g/mol. The Labute approximate surface area is 197 Å².